The summed E-state index contributed by atoms with van der Waals surface area (Å²) >= 11 is 0. The van der Waals surface area contributed by atoms with E-state index in [-0.39, 0.29) is 11.4 Å². The predicted molar refractivity (Wildman–Crippen MR) is 99.2 cm³/mol. The highest BCUT2D eigenvalue weighted by molar-refractivity contribution is 6.00. The highest BCUT2D eigenvalue weighted by atomic mass is 16.2. The van der Waals surface area contributed by atoms with E-state index in [4.69, 9.17) is 17.2 Å². The maximum atomic E-state index is 11.5. The Hall–Kier alpha value is -4.14. The van der Waals surface area contributed by atoms with Crippen molar-refractivity contribution in [3.8, 4) is 16.8 Å². The van der Waals surface area contributed by atoms with Gasteiger partial charge in [0.2, 0.25) is 5.91 Å². The fourth-order valence-electron chi connectivity index (χ4n) is 2.55. The van der Waals surface area contributed by atoms with E-state index in [2.05, 4.69) is 10.4 Å². The molecule has 1 aromatic heterocycles. The number of primary amides is 3. The number of rotatable bonds is 5. The molecule has 0 spiro atoms. The number of anilines is 1. The van der Waals surface area contributed by atoms with Crippen LogP contribution < -0.4 is 22.5 Å². The number of carbonyl (C=O) groups is 3. The molecular formula is C18H16N6O3. The number of nitrogens with two attached hydrogens (primary N) is 3. The molecule has 0 aliphatic carbocycles. The maximum Gasteiger partial charge on any atom is 0.316 e. The van der Waals surface area contributed by atoms with Gasteiger partial charge in [0.1, 0.15) is 0 Å². The van der Waals surface area contributed by atoms with Crippen LogP contribution >= 0.6 is 0 Å². The zero-order valence-corrected chi connectivity index (χ0v) is 14.0. The summed E-state index contributed by atoms with van der Waals surface area (Å²) in [5.41, 5.74) is 18.5. The second-order valence-electron chi connectivity index (χ2n) is 5.68. The van der Waals surface area contributed by atoms with E-state index >= 15 is 0 Å². The van der Waals surface area contributed by atoms with E-state index < -0.39 is 17.8 Å². The summed E-state index contributed by atoms with van der Waals surface area (Å²) in [7, 11) is 0. The van der Waals surface area contributed by atoms with Crippen LogP contribution in [0.4, 0.5) is 10.5 Å². The first-order valence-electron chi connectivity index (χ1n) is 7.82. The van der Waals surface area contributed by atoms with Gasteiger partial charge in [-0.2, -0.15) is 5.10 Å². The van der Waals surface area contributed by atoms with Gasteiger partial charge in [0.25, 0.3) is 5.91 Å². The Morgan fingerprint density at radius 2 is 1.37 bits per heavy atom. The molecule has 9 nitrogen and oxygen atoms in total. The van der Waals surface area contributed by atoms with Crippen LogP contribution in [-0.4, -0.2) is 27.6 Å². The molecule has 0 aliphatic heterocycles. The predicted octanol–water partition coefficient (Wildman–Crippen LogP) is 1.23. The van der Waals surface area contributed by atoms with Crippen molar-refractivity contribution in [1.29, 1.82) is 0 Å². The number of nitrogens with zero attached hydrogens (tertiary/aromatic N) is 2. The summed E-state index contributed by atoms with van der Waals surface area (Å²) < 4.78 is 1.41. The smallest absolute Gasteiger partial charge is 0.316 e. The molecule has 0 unspecified atom stereocenters. The van der Waals surface area contributed by atoms with Gasteiger partial charge in [-0.25, -0.2) is 9.48 Å². The van der Waals surface area contributed by atoms with E-state index in [1.54, 1.807) is 36.4 Å². The third kappa shape index (κ3) is 3.76. The maximum absolute atomic E-state index is 11.5. The molecule has 4 amide bonds. The standard InChI is InChI=1S/C18H16N6O3/c19-16(25)12-3-1-10(2-4-12)11-5-7-13(8-6-11)24-9-14(22-18(21)27)15(23-24)17(20)26/h1-9H,(H2,19,25)(H2,20,26)(H3,21,22,27). The van der Waals surface area contributed by atoms with Crippen LogP contribution in [0, 0.1) is 0 Å². The third-order valence-electron chi connectivity index (χ3n) is 3.84. The van der Waals surface area contributed by atoms with Crippen molar-refractivity contribution in [3.63, 3.8) is 0 Å². The van der Waals surface area contributed by atoms with Crippen LogP contribution in [0.25, 0.3) is 16.8 Å². The number of hydrogen-bond acceptors (Lipinski definition) is 4. The van der Waals surface area contributed by atoms with Crippen LogP contribution in [0.2, 0.25) is 0 Å². The minimum absolute atomic E-state index is 0.0973. The second-order valence-corrected chi connectivity index (χ2v) is 5.68. The molecule has 0 atom stereocenters. The molecule has 2 aromatic carbocycles. The van der Waals surface area contributed by atoms with E-state index in [9.17, 15) is 14.4 Å². The fraction of sp³-hybridized carbons (Fsp3) is 0. The Morgan fingerprint density at radius 3 is 1.85 bits per heavy atom. The van der Waals surface area contributed by atoms with Gasteiger partial charge < -0.3 is 22.5 Å². The summed E-state index contributed by atoms with van der Waals surface area (Å²) in [5, 5.41) is 6.40. The van der Waals surface area contributed by atoms with E-state index in [1.807, 2.05) is 12.1 Å². The molecule has 0 bridgehead atoms. The number of carbonyl (C=O) groups excluding carboxylic acids is 3. The molecule has 0 saturated carbocycles. The Kier molecular flexibility index (Phi) is 4.58. The van der Waals surface area contributed by atoms with Gasteiger partial charge in [0, 0.05) is 5.56 Å². The monoisotopic (exact) mass is 364 g/mol. The highest BCUT2D eigenvalue weighted by Crippen LogP contribution is 2.23. The van der Waals surface area contributed by atoms with Gasteiger partial charge in [-0.3, -0.25) is 9.59 Å². The molecule has 9 heteroatoms. The Morgan fingerprint density at radius 1 is 0.815 bits per heavy atom. The first-order valence-corrected chi connectivity index (χ1v) is 7.82. The van der Waals surface area contributed by atoms with Crippen molar-refractivity contribution in [2.24, 2.45) is 17.2 Å². The molecule has 0 aliphatic rings. The molecular weight excluding hydrogens is 348 g/mol. The van der Waals surface area contributed by atoms with E-state index in [0.717, 1.165) is 11.1 Å². The zero-order valence-electron chi connectivity index (χ0n) is 14.0. The molecule has 3 aromatic rings. The summed E-state index contributed by atoms with van der Waals surface area (Å²) in [6.07, 6.45) is 1.45. The molecule has 0 radical (unpaired) electrons. The lowest BCUT2D eigenvalue weighted by Crippen LogP contribution is -2.22. The number of amides is 4. The molecule has 136 valence electrons. The van der Waals surface area contributed by atoms with Crippen LogP contribution in [0.15, 0.2) is 54.7 Å². The minimum Gasteiger partial charge on any atom is -0.366 e. The van der Waals surface area contributed by atoms with Crippen molar-refractivity contribution < 1.29 is 14.4 Å². The Labute approximate surface area is 153 Å². The quantitative estimate of drug-likeness (QED) is 0.536. The van der Waals surface area contributed by atoms with Crippen molar-refractivity contribution in [1.82, 2.24) is 9.78 Å². The largest absolute Gasteiger partial charge is 0.366 e. The first kappa shape index (κ1) is 17.7. The van der Waals surface area contributed by atoms with Crippen molar-refractivity contribution in [3.05, 3.63) is 66.0 Å². The van der Waals surface area contributed by atoms with Gasteiger partial charge in [-0.05, 0) is 35.4 Å². The van der Waals surface area contributed by atoms with Crippen molar-refractivity contribution in [2.45, 2.75) is 0 Å². The number of benzene rings is 2. The normalized spacial score (nSPS) is 10.4. The average Bonchev–Trinajstić information content (AvgIpc) is 3.05. The van der Waals surface area contributed by atoms with Crippen molar-refractivity contribution >= 4 is 23.5 Å². The highest BCUT2D eigenvalue weighted by Gasteiger charge is 2.16. The molecule has 0 saturated heterocycles. The van der Waals surface area contributed by atoms with Gasteiger partial charge in [-0.1, -0.05) is 24.3 Å². The number of nitrogens with one attached hydrogen (secondary N) is 1. The van der Waals surface area contributed by atoms with Gasteiger partial charge >= 0.3 is 6.03 Å². The van der Waals surface area contributed by atoms with Gasteiger partial charge in [0.15, 0.2) is 5.69 Å². The topological polar surface area (TPSA) is 159 Å². The lowest BCUT2D eigenvalue weighted by molar-refractivity contribution is 0.0989. The van der Waals surface area contributed by atoms with Crippen LogP contribution in [-0.2, 0) is 0 Å². The molecule has 0 fully saturated rings. The van der Waals surface area contributed by atoms with Gasteiger partial charge in [0.05, 0.1) is 17.6 Å². The van der Waals surface area contributed by atoms with Crippen LogP contribution in [0.1, 0.15) is 20.8 Å². The van der Waals surface area contributed by atoms with Crippen molar-refractivity contribution in [2.75, 3.05) is 5.32 Å². The minimum atomic E-state index is -0.827. The summed E-state index contributed by atoms with van der Waals surface area (Å²) in [6.45, 7) is 0. The van der Waals surface area contributed by atoms with E-state index in [1.165, 1.54) is 10.9 Å². The lowest BCUT2D eigenvalue weighted by atomic mass is 10.0. The van der Waals surface area contributed by atoms with Gasteiger partial charge in [-0.15, -0.1) is 0 Å². The Bertz CT molecular complexity index is 1020. The average molecular weight is 364 g/mol. The first-order chi connectivity index (χ1) is 12.8. The number of hydrogen-bond donors (Lipinski definition) is 4. The second kappa shape index (κ2) is 7.00. The SMILES string of the molecule is NC(=O)Nc1cn(-c2ccc(-c3ccc(C(N)=O)cc3)cc2)nc1C(N)=O. The van der Waals surface area contributed by atoms with E-state index in [0.29, 0.717) is 11.3 Å². The Balaban J connectivity index is 1.90. The third-order valence-corrected chi connectivity index (χ3v) is 3.84. The fourth-order valence-corrected chi connectivity index (χ4v) is 2.55. The van der Waals surface area contributed by atoms with Crippen LogP contribution in [0.5, 0.6) is 0 Å². The molecule has 3 rings (SSSR count). The lowest BCUT2D eigenvalue weighted by Gasteiger charge is -2.05. The van der Waals surface area contributed by atoms with Crippen LogP contribution in [0.3, 0.4) is 0 Å². The molecule has 1 heterocycles. The summed E-state index contributed by atoms with van der Waals surface area (Å²) in [4.78, 5) is 33.7. The molecule has 27 heavy (non-hydrogen) atoms. The zero-order chi connectivity index (χ0) is 19.6. The number of urea groups is 1. The summed E-state index contributed by atoms with van der Waals surface area (Å²) in [5.74, 6) is -1.27. The number of aromatic nitrogens is 2. The molecule has 7 N–H and O–H groups in total. The summed E-state index contributed by atoms with van der Waals surface area (Å²) in [6, 6.07) is 13.3.